The molecule has 1 atom stereocenters. The van der Waals surface area contributed by atoms with Gasteiger partial charge >= 0.3 is 0 Å². The molecule has 0 saturated carbocycles. The molecule has 0 spiro atoms. The number of rotatable bonds is 7. The molecule has 1 aromatic heterocycles. The Bertz CT molecular complexity index is 1130. The summed E-state index contributed by atoms with van der Waals surface area (Å²) in [5.41, 5.74) is 7.69. The van der Waals surface area contributed by atoms with E-state index in [0.717, 1.165) is 24.3 Å². The number of imidazole rings is 1. The zero-order valence-corrected chi connectivity index (χ0v) is 19.5. The van der Waals surface area contributed by atoms with E-state index in [1.54, 1.807) is 0 Å². The molecule has 3 aromatic carbocycles. The third kappa shape index (κ3) is 4.74. The summed E-state index contributed by atoms with van der Waals surface area (Å²) in [6.45, 7) is 12.1. The molecular formula is C29H34N2. The third-order valence-electron chi connectivity index (χ3n) is 6.18. The Morgan fingerprint density at radius 1 is 0.710 bits per heavy atom. The molecule has 160 valence electrons. The third-order valence-corrected chi connectivity index (χ3v) is 6.18. The van der Waals surface area contributed by atoms with Gasteiger partial charge in [0.2, 0.25) is 0 Å². The van der Waals surface area contributed by atoms with Gasteiger partial charge in [0.15, 0.2) is 0 Å². The van der Waals surface area contributed by atoms with Crippen LogP contribution in [0.25, 0.3) is 11.0 Å². The summed E-state index contributed by atoms with van der Waals surface area (Å²) < 4.78 is 2.40. The van der Waals surface area contributed by atoms with Gasteiger partial charge in [0.25, 0.3) is 0 Å². The summed E-state index contributed by atoms with van der Waals surface area (Å²) >= 11 is 0. The van der Waals surface area contributed by atoms with Gasteiger partial charge in [-0.05, 0) is 52.6 Å². The second-order valence-corrected chi connectivity index (χ2v) is 9.50. The second-order valence-electron chi connectivity index (χ2n) is 9.50. The first-order valence-electron chi connectivity index (χ1n) is 11.5. The molecule has 4 rings (SSSR count). The van der Waals surface area contributed by atoms with E-state index in [0.29, 0.717) is 11.8 Å². The van der Waals surface area contributed by atoms with E-state index in [2.05, 4.69) is 112 Å². The van der Waals surface area contributed by atoms with Crippen molar-refractivity contribution < 1.29 is 0 Å². The van der Waals surface area contributed by atoms with Crippen LogP contribution in [0, 0.1) is 5.92 Å². The van der Waals surface area contributed by atoms with Gasteiger partial charge < -0.3 is 4.57 Å². The number of hydrogen-bond donors (Lipinski definition) is 0. The Morgan fingerprint density at radius 2 is 1.32 bits per heavy atom. The molecule has 0 bridgehead atoms. The van der Waals surface area contributed by atoms with Gasteiger partial charge in [0, 0.05) is 12.5 Å². The highest BCUT2D eigenvalue weighted by Crippen LogP contribution is 2.29. The van der Waals surface area contributed by atoms with E-state index < -0.39 is 0 Å². The number of nitrogens with zero attached hydrogens (tertiary/aromatic N) is 2. The maximum absolute atomic E-state index is 5.06. The van der Waals surface area contributed by atoms with Crippen LogP contribution >= 0.6 is 0 Å². The van der Waals surface area contributed by atoms with Crippen molar-refractivity contribution in [2.45, 2.75) is 59.4 Å². The van der Waals surface area contributed by atoms with E-state index >= 15 is 0 Å². The molecule has 0 aliphatic rings. The highest BCUT2D eigenvalue weighted by molar-refractivity contribution is 5.76. The molecule has 1 heterocycles. The number of para-hydroxylation sites is 2. The van der Waals surface area contributed by atoms with Gasteiger partial charge in [-0.2, -0.15) is 0 Å². The minimum Gasteiger partial charge on any atom is -0.323 e. The fourth-order valence-corrected chi connectivity index (χ4v) is 4.34. The fourth-order valence-electron chi connectivity index (χ4n) is 4.34. The Labute approximate surface area is 187 Å². The van der Waals surface area contributed by atoms with Crippen molar-refractivity contribution in [2.75, 3.05) is 0 Å². The van der Waals surface area contributed by atoms with Crippen molar-refractivity contribution in [2.24, 2.45) is 5.92 Å². The first kappa shape index (κ1) is 21.4. The van der Waals surface area contributed by atoms with Crippen LogP contribution in [0.4, 0.5) is 0 Å². The Hall–Kier alpha value is -2.87. The molecule has 0 aliphatic heterocycles. The molecule has 31 heavy (non-hydrogen) atoms. The van der Waals surface area contributed by atoms with E-state index in [-0.39, 0.29) is 5.92 Å². The molecular weight excluding hydrogens is 376 g/mol. The number of hydrogen-bond acceptors (Lipinski definition) is 1. The summed E-state index contributed by atoms with van der Waals surface area (Å²) in [7, 11) is 0. The Kier molecular flexibility index (Phi) is 6.27. The zero-order valence-electron chi connectivity index (χ0n) is 19.5. The van der Waals surface area contributed by atoms with Gasteiger partial charge in [-0.3, -0.25) is 0 Å². The molecule has 2 heteroatoms. The van der Waals surface area contributed by atoms with Crippen molar-refractivity contribution >= 4 is 11.0 Å². The molecule has 4 aromatic rings. The van der Waals surface area contributed by atoms with E-state index in [9.17, 15) is 0 Å². The Morgan fingerprint density at radius 3 is 1.97 bits per heavy atom. The van der Waals surface area contributed by atoms with Gasteiger partial charge in [0.1, 0.15) is 5.82 Å². The van der Waals surface area contributed by atoms with Crippen LogP contribution in [0.1, 0.15) is 74.5 Å². The van der Waals surface area contributed by atoms with Crippen LogP contribution in [-0.2, 0) is 13.0 Å². The van der Waals surface area contributed by atoms with E-state index in [1.165, 1.54) is 27.8 Å². The standard InChI is InChI=1S/C29H34N2/c1-20(2)18-23-10-16-26(17-11-23)22(5)29-30-27-8-6-7-9-28(27)31(29)19-24-12-14-25(15-13-24)21(3)4/h6-17,20-22H,18-19H2,1-5H3/t22-/m0/s1. The van der Waals surface area contributed by atoms with Crippen LogP contribution in [0.5, 0.6) is 0 Å². The van der Waals surface area contributed by atoms with Crippen molar-refractivity contribution in [3.05, 3.63) is 101 Å². The van der Waals surface area contributed by atoms with Gasteiger partial charge in [0.05, 0.1) is 11.0 Å². The second kappa shape index (κ2) is 9.09. The lowest BCUT2D eigenvalue weighted by Gasteiger charge is -2.16. The molecule has 0 unspecified atom stereocenters. The lowest BCUT2D eigenvalue weighted by atomic mass is 9.96. The molecule has 0 fully saturated rings. The predicted molar refractivity (Wildman–Crippen MR) is 132 cm³/mol. The first-order valence-corrected chi connectivity index (χ1v) is 11.5. The molecule has 0 aliphatic carbocycles. The highest BCUT2D eigenvalue weighted by atomic mass is 15.1. The van der Waals surface area contributed by atoms with Crippen LogP contribution in [0.2, 0.25) is 0 Å². The normalized spacial score (nSPS) is 12.7. The van der Waals surface area contributed by atoms with Crippen molar-refractivity contribution in [3.8, 4) is 0 Å². The summed E-state index contributed by atoms with van der Waals surface area (Å²) in [6.07, 6.45) is 1.12. The predicted octanol–water partition coefficient (Wildman–Crippen LogP) is 7.56. The minimum absolute atomic E-state index is 0.232. The summed E-state index contributed by atoms with van der Waals surface area (Å²) in [5, 5.41) is 0. The van der Waals surface area contributed by atoms with E-state index in [1.807, 2.05) is 0 Å². The van der Waals surface area contributed by atoms with Crippen LogP contribution < -0.4 is 0 Å². The number of fused-ring (bicyclic) bond motifs is 1. The lowest BCUT2D eigenvalue weighted by Crippen LogP contribution is -2.09. The average Bonchev–Trinajstić information content (AvgIpc) is 3.12. The molecule has 0 radical (unpaired) electrons. The van der Waals surface area contributed by atoms with Crippen molar-refractivity contribution in [3.63, 3.8) is 0 Å². The lowest BCUT2D eigenvalue weighted by molar-refractivity contribution is 0.646. The fraction of sp³-hybridized carbons (Fsp3) is 0.345. The van der Waals surface area contributed by atoms with Crippen LogP contribution in [0.15, 0.2) is 72.8 Å². The molecule has 0 saturated heterocycles. The number of aromatic nitrogens is 2. The zero-order chi connectivity index (χ0) is 22.0. The largest absolute Gasteiger partial charge is 0.323 e. The summed E-state index contributed by atoms with van der Waals surface area (Å²) in [6, 6.07) is 26.7. The van der Waals surface area contributed by atoms with Crippen LogP contribution in [0.3, 0.4) is 0 Å². The average molecular weight is 411 g/mol. The monoisotopic (exact) mass is 410 g/mol. The number of benzene rings is 3. The molecule has 2 nitrogen and oxygen atoms in total. The molecule has 0 amide bonds. The maximum atomic E-state index is 5.06. The van der Waals surface area contributed by atoms with E-state index in [4.69, 9.17) is 4.98 Å². The van der Waals surface area contributed by atoms with Gasteiger partial charge in [-0.15, -0.1) is 0 Å². The Balaban J connectivity index is 1.69. The van der Waals surface area contributed by atoms with Gasteiger partial charge in [-0.25, -0.2) is 4.98 Å². The topological polar surface area (TPSA) is 17.8 Å². The van der Waals surface area contributed by atoms with Crippen LogP contribution in [-0.4, -0.2) is 9.55 Å². The SMILES string of the molecule is CC(C)Cc1ccc([C@H](C)c2nc3ccccc3n2Cc2ccc(C(C)C)cc2)cc1. The smallest absolute Gasteiger partial charge is 0.117 e. The summed E-state index contributed by atoms with van der Waals surface area (Å²) in [4.78, 5) is 5.06. The summed E-state index contributed by atoms with van der Waals surface area (Å²) in [5.74, 6) is 2.59. The highest BCUT2D eigenvalue weighted by Gasteiger charge is 2.18. The first-order chi connectivity index (χ1) is 14.9. The van der Waals surface area contributed by atoms with Crippen molar-refractivity contribution in [1.82, 2.24) is 9.55 Å². The van der Waals surface area contributed by atoms with Crippen molar-refractivity contribution in [1.29, 1.82) is 0 Å². The maximum Gasteiger partial charge on any atom is 0.117 e. The molecule has 0 N–H and O–H groups in total. The van der Waals surface area contributed by atoms with Gasteiger partial charge in [-0.1, -0.05) is 95.3 Å². The quantitative estimate of drug-likeness (QED) is 0.307. The minimum atomic E-state index is 0.232.